The first-order valence-electron chi connectivity index (χ1n) is 11.1. The summed E-state index contributed by atoms with van der Waals surface area (Å²) in [6.45, 7) is 1.81. The fourth-order valence-corrected chi connectivity index (χ4v) is 4.22. The first-order valence-corrected chi connectivity index (χ1v) is 11.1. The molecule has 0 saturated carbocycles. The lowest BCUT2D eigenvalue weighted by molar-refractivity contribution is -0.129. The Hall–Kier alpha value is -4.39. The van der Waals surface area contributed by atoms with Crippen LogP contribution in [0.15, 0.2) is 94.1 Å². The van der Waals surface area contributed by atoms with E-state index in [1.807, 2.05) is 67.6 Å². The second kappa shape index (κ2) is 9.85. The molecule has 0 aliphatic carbocycles. The van der Waals surface area contributed by atoms with Crippen molar-refractivity contribution in [1.82, 2.24) is 5.32 Å². The van der Waals surface area contributed by atoms with E-state index in [1.54, 1.807) is 18.2 Å². The van der Waals surface area contributed by atoms with Gasteiger partial charge in [-0.3, -0.25) is 9.59 Å². The van der Waals surface area contributed by atoms with Crippen molar-refractivity contribution in [3.63, 3.8) is 0 Å². The molecule has 0 bridgehead atoms. The predicted molar refractivity (Wildman–Crippen MR) is 133 cm³/mol. The maximum atomic E-state index is 13.8. The summed E-state index contributed by atoms with van der Waals surface area (Å²) < 4.78 is 10.5. The molecular weight excluding hydrogens is 444 g/mol. The van der Waals surface area contributed by atoms with E-state index >= 15 is 0 Å². The topological polar surface area (TPSA) is 112 Å². The van der Waals surface area contributed by atoms with Crippen LogP contribution in [0.3, 0.4) is 0 Å². The van der Waals surface area contributed by atoms with Crippen LogP contribution >= 0.6 is 0 Å². The van der Waals surface area contributed by atoms with Crippen molar-refractivity contribution in [2.24, 2.45) is 5.73 Å². The fraction of sp³-hybridized carbons (Fsp3) is 0.179. The van der Waals surface area contributed by atoms with Gasteiger partial charge < -0.3 is 20.2 Å². The van der Waals surface area contributed by atoms with Crippen LogP contribution in [-0.4, -0.2) is 25.0 Å². The van der Waals surface area contributed by atoms with Crippen LogP contribution in [-0.2, 0) is 21.4 Å². The van der Waals surface area contributed by atoms with E-state index in [0.29, 0.717) is 22.3 Å². The van der Waals surface area contributed by atoms with Gasteiger partial charge in [0.05, 0.1) is 12.5 Å². The van der Waals surface area contributed by atoms with Crippen LogP contribution in [0.25, 0.3) is 11.0 Å². The molecule has 1 heterocycles. The highest BCUT2D eigenvalue weighted by Gasteiger charge is 2.38. The molecule has 0 saturated heterocycles. The van der Waals surface area contributed by atoms with Gasteiger partial charge >= 0.3 is 5.63 Å². The molecule has 2 amide bonds. The largest absolute Gasteiger partial charge is 0.497 e. The van der Waals surface area contributed by atoms with Gasteiger partial charge in [0.2, 0.25) is 11.8 Å². The second-order valence-electron chi connectivity index (χ2n) is 8.44. The van der Waals surface area contributed by atoms with Gasteiger partial charge in [-0.05, 0) is 35.7 Å². The van der Waals surface area contributed by atoms with Crippen molar-refractivity contribution < 1.29 is 18.7 Å². The van der Waals surface area contributed by atoms with Gasteiger partial charge in [0.25, 0.3) is 0 Å². The third-order valence-electron chi connectivity index (χ3n) is 6.27. The Morgan fingerprint density at radius 1 is 0.971 bits per heavy atom. The number of rotatable bonds is 8. The molecule has 1 aromatic heterocycles. The minimum absolute atomic E-state index is 0.0230. The van der Waals surface area contributed by atoms with Crippen LogP contribution < -0.4 is 21.4 Å². The molecular formula is C28H26N2O5. The maximum Gasteiger partial charge on any atom is 0.336 e. The molecule has 35 heavy (non-hydrogen) atoms. The number of carbonyl (C=O) groups is 2. The molecule has 7 nitrogen and oxygen atoms in total. The standard InChI is InChI=1S/C28H26N2O5/c1-28(19-9-5-3-6-10-19,20-11-7-4-8-12-20)27(33)30-23(26(29)32)15-18-16-25(31)35-24-17-21(34-2)13-14-22(18)24/h3-14,16-17,23H,15H2,1-2H3,(H2,29,32)(H,30,33)/t23-/m1/s1. The van der Waals surface area contributed by atoms with Crippen molar-refractivity contribution in [3.05, 3.63) is 112 Å². The number of benzene rings is 3. The number of nitrogens with one attached hydrogen (secondary N) is 1. The predicted octanol–water partition coefficient (Wildman–Crippen LogP) is 3.32. The van der Waals surface area contributed by atoms with E-state index in [-0.39, 0.29) is 12.3 Å². The molecule has 4 rings (SSSR count). The summed E-state index contributed by atoms with van der Waals surface area (Å²) in [5.41, 5.74) is 6.44. The number of carbonyl (C=O) groups excluding carboxylic acids is 2. The van der Waals surface area contributed by atoms with Crippen molar-refractivity contribution >= 4 is 22.8 Å². The number of amides is 2. The van der Waals surface area contributed by atoms with Crippen LogP contribution in [0.4, 0.5) is 0 Å². The Kier molecular flexibility index (Phi) is 6.68. The molecule has 0 radical (unpaired) electrons. The van der Waals surface area contributed by atoms with E-state index in [9.17, 15) is 14.4 Å². The zero-order chi connectivity index (χ0) is 25.0. The molecule has 0 aliphatic rings. The molecule has 178 valence electrons. The number of ether oxygens (including phenoxy) is 1. The van der Waals surface area contributed by atoms with Gasteiger partial charge in [-0.25, -0.2) is 4.79 Å². The van der Waals surface area contributed by atoms with Crippen molar-refractivity contribution in [2.45, 2.75) is 24.8 Å². The Bertz CT molecular complexity index is 1370. The Labute approximate surface area is 202 Å². The van der Waals surface area contributed by atoms with Gasteiger partial charge in [0.15, 0.2) is 0 Å². The van der Waals surface area contributed by atoms with Gasteiger partial charge in [-0.2, -0.15) is 0 Å². The van der Waals surface area contributed by atoms with Crippen molar-refractivity contribution in [3.8, 4) is 5.75 Å². The summed E-state index contributed by atoms with van der Waals surface area (Å²) in [5, 5.41) is 3.46. The van der Waals surface area contributed by atoms with Crippen LogP contribution in [0.5, 0.6) is 5.75 Å². The van der Waals surface area contributed by atoms with Crippen molar-refractivity contribution in [2.75, 3.05) is 7.11 Å². The van der Waals surface area contributed by atoms with Crippen LogP contribution in [0, 0.1) is 0 Å². The summed E-state index contributed by atoms with van der Waals surface area (Å²) in [6, 6.07) is 24.0. The number of primary amides is 1. The minimum Gasteiger partial charge on any atom is -0.497 e. The highest BCUT2D eigenvalue weighted by atomic mass is 16.5. The molecule has 4 aromatic rings. The van der Waals surface area contributed by atoms with E-state index in [0.717, 1.165) is 11.1 Å². The number of fused-ring (bicyclic) bond motifs is 1. The molecule has 3 aromatic carbocycles. The quantitative estimate of drug-likeness (QED) is 0.384. The van der Waals surface area contributed by atoms with Crippen LogP contribution in [0.2, 0.25) is 0 Å². The first-order chi connectivity index (χ1) is 16.8. The summed E-state index contributed by atoms with van der Waals surface area (Å²) >= 11 is 0. The van der Waals surface area contributed by atoms with E-state index in [1.165, 1.54) is 13.2 Å². The average Bonchev–Trinajstić information content (AvgIpc) is 2.88. The molecule has 0 unspecified atom stereocenters. The van der Waals surface area contributed by atoms with Gasteiger partial charge in [0, 0.05) is 23.9 Å². The Morgan fingerprint density at radius 2 is 1.57 bits per heavy atom. The van der Waals surface area contributed by atoms with Crippen molar-refractivity contribution in [1.29, 1.82) is 0 Å². The SMILES string of the molecule is COc1ccc2c(C[C@@H](NC(=O)C(C)(c3ccccc3)c3ccccc3)C(N)=O)cc(=O)oc2c1. The van der Waals surface area contributed by atoms with Gasteiger partial charge in [-0.15, -0.1) is 0 Å². The monoisotopic (exact) mass is 470 g/mol. The number of methoxy groups -OCH3 is 1. The summed E-state index contributed by atoms with van der Waals surface area (Å²) in [7, 11) is 1.51. The smallest absolute Gasteiger partial charge is 0.336 e. The fourth-order valence-electron chi connectivity index (χ4n) is 4.22. The highest BCUT2D eigenvalue weighted by Crippen LogP contribution is 2.32. The van der Waals surface area contributed by atoms with Gasteiger partial charge in [-0.1, -0.05) is 60.7 Å². The van der Waals surface area contributed by atoms with Gasteiger partial charge in [0.1, 0.15) is 17.4 Å². The third-order valence-corrected chi connectivity index (χ3v) is 6.27. The Balaban J connectivity index is 1.71. The molecule has 3 N–H and O–H groups in total. The number of nitrogens with two attached hydrogens (primary N) is 1. The summed E-state index contributed by atoms with van der Waals surface area (Å²) in [6.07, 6.45) is 0.0230. The summed E-state index contributed by atoms with van der Waals surface area (Å²) in [5.74, 6) is -0.566. The normalized spacial score (nSPS) is 12.2. The molecule has 7 heteroatoms. The molecule has 0 aliphatic heterocycles. The maximum absolute atomic E-state index is 13.8. The number of hydrogen-bond donors (Lipinski definition) is 2. The molecule has 0 fully saturated rings. The van der Waals surface area contributed by atoms with E-state index < -0.39 is 23.0 Å². The lowest BCUT2D eigenvalue weighted by atomic mass is 9.75. The average molecular weight is 471 g/mol. The highest BCUT2D eigenvalue weighted by molar-refractivity contribution is 5.95. The minimum atomic E-state index is -1.08. The zero-order valence-electron chi connectivity index (χ0n) is 19.5. The van der Waals surface area contributed by atoms with E-state index in [4.69, 9.17) is 14.9 Å². The van der Waals surface area contributed by atoms with E-state index in [2.05, 4.69) is 5.32 Å². The lowest BCUT2D eigenvalue weighted by Crippen LogP contribution is -2.52. The number of hydrogen-bond acceptors (Lipinski definition) is 5. The third kappa shape index (κ3) is 4.80. The second-order valence-corrected chi connectivity index (χ2v) is 8.44. The Morgan fingerprint density at radius 3 is 2.11 bits per heavy atom. The molecule has 1 atom stereocenters. The lowest BCUT2D eigenvalue weighted by Gasteiger charge is -2.31. The first kappa shape index (κ1) is 23.8. The van der Waals surface area contributed by atoms with Crippen LogP contribution in [0.1, 0.15) is 23.6 Å². The molecule has 0 spiro atoms. The zero-order valence-corrected chi connectivity index (χ0v) is 19.5. The summed E-state index contributed by atoms with van der Waals surface area (Å²) in [4.78, 5) is 38.4.